The van der Waals surface area contributed by atoms with Crippen molar-refractivity contribution in [3.05, 3.63) is 81.5 Å². The Balaban J connectivity index is 1.41. The summed E-state index contributed by atoms with van der Waals surface area (Å²) in [5.41, 5.74) is 10.4. The van der Waals surface area contributed by atoms with E-state index in [0.717, 1.165) is 37.2 Å². The van der Waals surface area contributed by atoms with E-state index in [4.69, 9.17) is 10.7 Å². The van der Waals surface area contributed by atoms with Gasteiger partial charge in [0.1, 0.15) is 9.71 Å². The van der Waals surface area contributed by atoms with Crippen molar-refractivity contribution in [2.45, 2.75) is 0 Å². The third kappa shape index (κ3) is 3.97. The number of nitrogens with one attached hydrogen (secondary N) is 1. The molecule has 0 atom stereocenters. The van der Waals surface area contributed by atoms with E-state index >= 15 is 0 Å². The minimum Gasteiger partial charge on any atom is -0.397 e. The molecule has 3 aromatic heterocycles. The average Bonchev–Trinajstić information content (AvgIpc) is 3.39. The minimum absolute atomic E-state index is 0.279. The van der Waals surface area contributed by atoms with Crippen LogP contribution in [0.25, 0.3) is 32.7 Å². The Labute approximate surface area is 194 Å². The van der Waals surface area contributed by atoms with Gasteiger partial charge in [0, 0.05) is 26.4 Å². The highest BCUT2D eigenvalue weighted by Crippen LogP contribution is 2.35. The second-order valence-corrected chi connectivity index (χ2v) is 9.53. The fraction of sp³-hybridized carbons (Fsp3) is 0. The van der Waals surface area contributed by atoms with Crippen molar-refractivity contribution in [3.8, 4) is 22.5 Å². The van der Waals surface area contributed by atoms with Gasteiger partial charge in [0.05, 0.1) is 17.1 Å². The molecule has 0 saturated carbocycles. The number of carbonyl (C=O) groups is 1. The molecule has 3 heterocycles. The van der Waals surface area contributed by atoms with Gasteiger partial charge in [-0.25, -0.2) is 9.97 Å². The van der Waals surface area contributed by atoms with E-state index in [9.17, 15) is 4.79 Å². The maximum absolute atomic E-state index is 12.9. The number of nitrogens with two attached hydrogens (primary N) is 1. The highest BCUT2D eigenvalue weighted by molar-refractivity contribution is 9.10. The number of thiophene rings is 1. The number of thiazole rings is 1. The van der Waals surface area contributed by atoms with Crippen LogP contribution in [0.15, 0.2) is 76.6 Å². The van der Waals surface area contributed by atoms with Crippen LogP contribution < -0.4 is 11.1 Å². The van der Waals surface area contributed by atoms with Crippen molar-refractivity contribution in [3.63, 3.8) is 0 Å². The largest absolute Gasteiger partial charge is 0.397 e. The van der Waals surface area contributed by atoms with Crippen LogP contribution >= 0.6 is 38.6 Å². The number of nitrogens with zero attached hydrogens (tertiary/aromatic N) is 2. The summed E-state index contributed by atoms with van der Waals surface area (Å²) in [5.74, 6) is -0.279. The zero-order valence-electron chi connectivity index (χ0n) is 16.0. The number of nitrogen functional groups attached to an aromatic ring is 1. The zero-order valence-corrected chi connectivity index (χ0v) is 19.2. The van der Waals surface area contributed by atoms with Gasteiger partial charge in [0.25, 0.3) is 5.91 Å². The number of amides is 1. The molecule has 5 aromatic rings. The van der Waals surface area contributed by atoms with Gasteiger partial charge in [-0.1, -0.05) is 58.4 Å². The molecular weight excluding hydrogens is 492 g/mol. The molecule has 2 aromatic carbocycles. The van der Waals surface area contributed by atoms with Crippen molar-refractivity contribution in [2.24, 2.45) is 0 Å². The second kappa shape index (κ2) is 8.22. The predicted octanol–water partition coefficient (Wildman–Crippen LogP) is 6.68. The van der Waals surface area contributed by atoms with Crippen LogP contribution in [0.3, 0.4) is 0 Å². The molecule has 3 N–H and O–H groups in total. The van der Waals surface area contributed by atoms with Crippen molar-refractivity contribution in [1.82, 2.24) is 9.97 Å². The standard InChI is InChI=1S/C23H15BrN4OS2/c24-15-8-6-14(7-9-15)18-12-30-23(27-18)28-21(29)20-19(25)16-10-11-17(26-22(16)31-20)13-4-2-1-3-5-13/h1-12H,25H2,(H,27,28,29). The quantitative estimate of drug-likeness (QED) is 0.284. The van der Waals surface area contributed by atoms with Gasteiger partial charge in [-0.3, -0.25) is 10.1 Å². The van der Waals surface area contributed by atoms with E-state index in [1.807, 2.05) is 72.1 Å². The molecule has 152 valence electrons. The predicted molar refractivity (Wildman–Crippen MR) is 133 cm³/mol. The topological polar surface area (TPSA) is 80.9 Å². The molecule has 5 rings (SSSR count). The molecule has 0 aliphatic heterocycles. The Morgan fingerprint density at radius 1 is 0.903 bits per heavy atom. The number of halogens is 1. The molecule has 5 nitrogen and oxygen atoms in total. The van der Waals surface area contributed by atoms with E-state index in [2.05, 4.69) is 26.2 Å². The lowest BCUT2D eigenvalue weighted by molar-refractivity contribution is 0.103. The third-order valence-corrected chi connectivity index (χ3v) is 7.13. The number of hydrogen-bond donors (Lipinski definition) is 2. The third-order valence-electron chi connectivity index (χ3n) is 4.73. The molecular formula is C23H15BrN4OS2. The first-order valence-electron chi connectivity index (χ1n) is 9.36. The van der Waals surface area contributed by atoms with Gasteiger partial charge in [-0.2, -0.15) is 0 Å². The Hall–Kier alpha value is -3.07. The van der Waals surface area contributed by atoms with Crippen molar-refractivity contribution in [1.29, 1.82) is 0 Å². The van der Waals surface area contributed by atoms with Crippen LogP contribution in [0, 0.1) is 0 Å². The summed E-state index contributed by atoms with van der Waals surface area (Å²) in [4.78, 5) is 23.3. The van der Waals surface area contributed by atoms with Crippen LogP contribution in [0.2, 0.25) is 0 Å². The number of benzene rings is 2. The van der Waals surface area contributed by atoms with Crippen LogP contribution in [-0.4, -0.2) is 15.9 Å². The monoisotopic (exact) mass is 506 g/mol. The van der Waals surface area contributed by atoms with Gasteiger partial charge in [-0.15, -0.1) is 22.7 Å². The molecule has 0 aliphatic carbocycles. The number of carbonyl (C=O) groups excluding carboxylic acids is 1. The molecule has 0 unspecified atom stereocenters. The van der Waals surface area contributed by atoms with Crippen LogP contribution in [-0.2, 0) is 0 Å². The molecule has 0 bridgehead atoms. The van der Waals surface area contributed by atoms with Gasteiger partial charge < -0.3 is 5.73 Å². The summed E-state index contributed by atoms with van der Waals surface area (Å²) in [6, 6.07) is 21.6. The maximum atomic E-state index is 12.9. The molecule has 0 saturated heterocycles. The molecule has 0 aliphatic rings. The number of anilines is 2. The Morgan fingerprint density at radius 3 is 2.42 bits per heavy atom. The molecule has 1 amide bonds. The SMILES string of the molecule is Nc1c(C(=O)Nc2nc(-c3ccc(Br)cc3)cs2)sc2nc(-c3ccccc3)ccc12. The summed E-state index contributed by atoms with van der Waals surface area (Å²) in [7, 11) is 0. The first-order valence-corrected chi connectivity index (χ1v) is 11.8. The number of pyridine rings is 1. The van der Waals surface area contributed by atoms with Gasteiger partial charge in [-0.05, 0) is 24.3 Å². The van der Waals surface area contributed by atoms with E-state index in [1.54, 1.807) is 0 Å². The number of hydrogen-bond acceptors (Lipinski definition) is 6. The Morgan fingerprint density at radius 2 is 1.65 bits per heavy atom. The summed E-state index contributed by atoms with van der Waals surface area (Å²) < 4.78 is 1.00. The van der Waals surface area contributed by atoms with E-state index in [0.29, 0.717) is 15.7 Å². The fourth-order valence-electron chi connectivity index (χ4n) is 3.17. The van der Waals surface area contributed by atoms with Crippen LogP contribution in [0.1, 0.15) is 9.67 Å². The molecule has 0 spiro atoms. The fourth-order valence-corrected chi connectivity index (χ4v) is 5.14. The van der Waals surface area contributed by atoms with Crippen LogP contribution in [0.5, 0.6) is 0 Å². The van der Waals surface area contributed by atoms with Crippen molar-refractivity contribution >= 4 is 65.5 Å². The lowest BCUT2D eigenvalue weighted by Crippen LogP contribution is -2.11. The number of rotatable bonds is 4. The number of aromatic nitrogens is 2. The Kier molecular flexibility index (Phi) is 5.27. The molecule has 31 heavy (non-hydrogen) atoms. The minimum atomic E-state index is -0.279. The highest BCUT2D eigenvalue weighted by Gasteiger charge is 2.19. The summed E-state index contributed by atoms with van der Waals surface area (Å²) in [6.07, 6.45) is 0. The van der Waals surface area contributed by atoms with E-state index < -0.39 is 0 Å². The summed E-state index contributed by atoms with van der Waals surface area (Å²) >= 11 is 6.10. The van der Waals surface area contributed by atoms with E-state index in [-0.39, 0.29) is 5.91 Å². The van der Waals surface area contributed by atoms with Gasteiger partial charge >= 0.3 is 0 Å². The normalized spacial score (nSPS) is 11.0. The van der Waals surface area contributed by atoms with Crippen LogP contribution in [0.4, 0.5) is 10.8 Å². The van der Waals surface area contributed by atoms with E-state index in [1.165, 1.54) is 22.7 Å². The lowest BCUT2D eigenvalue weighted by atomic mass is 10.1. The number of fused-ring (bicyclic) bond motifs is 1. The smallest absolute Gasteiger partial charge is 0.269 e. The zero-order chi connectivity index (χ0) is 21.4. The summed E-state index contributed by atoms with van der Waals surface area (Å²) in [5, 5.41) is 6.09. The molecule has 0 fully saturated rings. The maximum Gasteiger partial charge on any atom is 0.269 e. The Bertz CT molecular complexity index is 1390. The van der Waals surface area contributed by atoms with Gasteiger partial charge in [0.2, 0.25) is 0 Å². The second-order valence-electron chi connectivity index (χ2n) is 6.76. The first kappa shape index (κ1) is 19.9. The highest BCUT2D eigenvalue weighted by atomic mass is 79.9. The molecule has 8 heteroatoms. The first-order chi connectivity index (χ1) is 15.1. The molecule has 0 radical (unpaired) electrons. The average molecular weight is 507 g/mol. The van der Waals surface area contributed by atoms with Gasteiger partial charge in [0.15, 0.2) is 5.13 Å². The summed E-state index contributed by atoms with van der Waals surface area (Å²) in [6.45, 7) is 0. The van der Waals surface area contributed by atoms with Crippen molar-refractivity contribution < 1.29 is 4.79 Å². The lowest BCUT2D eigenvalue weighted by Gasteiger charge is -2.01. The van der Waals surface area contributed by atoms with Crippen molar-refractivity contribution in [2.75, 3.05) is 11.1 Å².